The summed E-state index contributed by atoms with van der Waals surface area (Å²) in [5, 5.41) is 3.44. The highest BCUT2D eigenvalue weighted by molar-refractivity contribution is 7.85. The van der Waals surface area contributed by atoms with E-state index < -0.39 is 10.1 Å². The van der Waals surface area contributed by atoms with Crippen LogP contribution in [0.4, 0.5) is 0 Å². The van der Waals surface area contributed by atoms with Crippen molar-refractivity contribution < 1.29 is 12.7 Å². The highest BCUT2D eigenvalue weighted by Gasteiger charge is 2.02. The molecule has 0 atom stereocenters. The fourth-order valence-electron chi connectivity index (χ4n) is 1.05. The number of nitrogens with zero attached hydrogens (tertiary/aromatic N) is 1. The molecule has 0 fully saturated rings. The van der Waals surface area contributed by atoms with E-state index in [9.17, 15) is 8.42 Å². The summed E-state index contributed by atoms with van der Waals surface area (Å²) in [6, 6.07) is 9.69. The molecule has 0 amide bonds. The van der Waals surface area contributed by atoms with Gasteiger partial charge in [-0.3, -0.25) is 4.28 Å². The van der Waals surface area contributed by atoms with Gasteiger partial charge in [0, 0.05) is 6.42 Å². The third-order valence-electron chi connectivity index (χ3n) is 1.73. The Balaban J connectivity index is 2.44. The third kappa shape index (κ3) is 5.72. The average molecular weight is 262 g/mol. The van der Waals surface area contributed by atoms with Gasteiger partial charge in [0.25, 0.3) is 0 Å². The molecular weight excluding hydrogens is 250 g/mol. The molecule has 1 aromatic carbocycles. The molecule has 0 N–H and O–H groups in total. The van der Waals surface area contributed by atoms with Crippen LogP contribution in [0.2, 0.25) is 0 Å². The number of rotatable bonds is 5. The minimum Gasteiger partial charge on any atom is -0.268 e. The van der Waals surface area contributed by atoms with E-state index in [4.69, 9.17) is 11.6 Å². The van der Waals surface area contributed by atoms with Crippen LogP contribution in [0.5, 0.6) is 0 Å². The van der Waals surface area contributed by atoms with Crippen molar-refractivity contribution >= 4 is 26.9 Å². The summed E-state index contributed by atoms with van der Waals surface area (Å²) in [5.74, 6) is 0. The maximum absolute atomic E-state index is 10.6. The minimum absolute atomic E-state index is 0.134. The SMILES string of the molecule is CS(=O)(=O)O/N=C(/Cl)CCc1ccccc1. The number of aryl methyl sites for hydroxylation is 1. The molecule has 0 spiro atoms. The number of halogens is 1. The molecule has 0 saturated carbocycles. The molecule has 0 aliphatic rings. The van der Waals surface area contributed by atoms with E-state index in [-0.39, 0.29) is 5.17 Å². The standard InChI is InChI=1S/C10H12ClNO3S/c1-16(13,14)15-12-10(11)8-7-9-5-3-2-4-6-9/h2-6H,7-8H2,1H3/b12-10+. The first kappa shape index (κ1) is 13.0. The zero-order valence-corrected chi connectivity index (χ0v) is 10.3. The van der Waals surface area contributed by atoms with E-state index in [0.29, 0.717) is 12.8 Å². The minimum atomic E-state index is -3.57. The predicted molar refractivity (Wildman–Crippen MR) is 64.0 cm³/mol. The quantitative estimate of drug-likeness (QED) is 0.603. The van der Waals surface area contributed by atoms with Crippen molar-refractivity contribution in [2.45, 2.75) is 12.8 Å². The van der Waals surface area contributed by atoms with Crippen molar-refractivity contribution in [1.29, 1.82) is 0 Å². The zero-order valence-electron chi connectivity index (χ0n) is 8.76. The van der Waals surface area contributed by atoms with Gasteiger partial charge < -0.3 is 0 Å². The third-order valence-corrected chi connectivity index (χ3v) is 2.34. The topological polar surface area (TPSA) is 55.7 Å². The van der Waals surface area contributed by atoms with Crippen LogP contribution in [0.1, 0.15) is 12.0 Å². The van der Waals surface area contributed by atoms with Crippen LogP contribution in [0.15, 0.2) is 35.5 Å². The Bertz CT molecular complexity index is 456. The fourth-order valence-corrected chi connectivity index (χ4v) is 1.44. The Morgan fingerprint density at radius 3 is 2.56 bits per heavy atom. The molecule has 16 heavy (non-hydrogen) atoms. The normalized spacial score (nSPS) is 12.5. The van der Waals surface area contributed by atoms with Crippen molar-refractivity contribution in [2.24, 2.45) is 5.16 Å². The number of benzene rings is 1. The van der Waals surface area contributed by atoms with Gasteiger partial charge >= 0.3 is 10.1 Å². The molecule has 0 radical (unpaired) electrons. The molecule has 4 nitrogen and oxygen atoms in total. The molecule has 0 aromatic heterocycles. The lowest BCUT2D eigenvalue weighted by molar-refractivity contribution is 0.343. The molecule has 0 aliphatic heterocycles. The van der Waals surface area contributed by atoms with E-state index in [1.54, 1.807) is 0 Å². The van der Waals surface area contributed by atoms with Crippen LogP contribution >= 0.6 is 11.6 Å². The van der Waals surface area contributed by atoms with E-state index >= 15 is 0 Å². The summed E-state index contributed by atoms with van der Waals surface area (Å²) < 4.78 is 25.5. The summed E-state index contributed by atoms with van der Waals surface area (Å²) in [4.78, 5) is 0. The molecule has 1 rings (SSSR count). The van der Waals surface area contributed by atoms with Gasteiger partial charge in [-0.05, 0) is 12.0 Å². The van der Waals surface area contributed by atoms with Crippen molar-refractivity contribution in [3.63, 3.8) is 0 Å². The average Bonchev–Trinajstić information content (AvgIpc) is 2.24. The van der Waals surface area contributed by atoms with Crippen molar-refractivity contribution in [3.05, 3.63) is 35.9 Å². The molecule has 0 bridgehead atoms. The first-order valence-corrected chi connectivity index (χ1v) is 6.82. The zero-order chi connectivity index (χ0) is 12.0. The summed E-state index contributed by atoms with van der Waals surface area (Å²) in [5.41, 5.74) is 1.11. The summed E-state index contributed by atoms with van der Waals surface area (Å²) >= 11 is 5.70. The Morgan fingerprint density at radius 2 is 2.00 bits per heavy atom. The lowest BCUT2D eigenvalue weighted by Crippen LogP contribution is -2.00. The van der Waals surface area contributed by atoms with Gasteiger partial charge in [0.15, 0.2) is 0 Å². The first-order valence-electron chi connectivity index (χ1n) is 4.62. The van der Waals surface area contributed by atoms with Crippen LogP contribution in [0, 0.1) is 0 Å². The van der Waals surface area contributed by atoms with Gasteiger partial charge in [-0.1, -0.05) is 47.1 Å². The maximum atomic E-state index is 10.6. The molecule has 1 aromatic rings. The summed E-state index contributed by atoms with van der Waals surface area (Å²) in [6.45, 7) is 0. The molecule has 6 heteroatoms. The molecule has 0 heterocycles. The van der Waals surface area contributed by atoms with Crippen molar-refractivity contribution in [1.82, 2.24) is 0 Å². The van der Waals surface area contributed by atoms with Crippen molar-refractivity contribution in [2.75, 3.05) is 6.26 Å². The van der Waals surface area contributed by atoms with Gasteiger partial charge in [-0.2, -0.15) is 8.42 Å². The lowest BCUT2D eigenvalue weighted by Gasteiger charge is -1.99. The maximum Gasteiger partial charge on any atom is 0.325 e. The Hall–Kier alpha value is -1.07. The second-order valence-electron chi connectivity index (χ2n) is 3.23. The molecular formula is C10H12ClNO3S. The molecule has 0 unspecified atom stereocenters. The van der Waals surface area contributed by atoms with Gasteiger partial charge in [0.05, 0.1) is 6.26 Å². The van der Waals surface area contributed by atoms with Crippen LogP contribution in [-0.2, 0) is 20.8 Å². The van der Waals surface area contributed by atoms with Crippen LogP contribution in [-0.4, -0.2) is 19.8 Å². The summed E-state index contributed by atoms with van der Waals surface area (Å²) in [6.07, 6.45) is 2.05. The highest BCUT2D eigenvalue weighted by Crippen LogP contribution is 2.06. The first-order chi connectivity index (χ1) is 7.47. The van der Waals surface area contributed by atoms with Gasteiger partial charge in [0.1, 0.15) is 5.17 Å². The molecule has 0 saturated heterocycles. The fraction of sp³-hybridized carbons (Fsp3) is 0.300. The Labute approximate surface area is 100.0 Å². The number of hydrogen-bond acceptors (Lipinski definition) is 4. The predicted octanol–water partition coefficient (Wildman–Crippen LogP) is 2.15. The van der Waals surface area contributed by atoms with Crippen LogP contribution in [0.25, 0.3) is 0 Å². The van der Waals surface area contributed by atoms with E-state index in [1.165, 1.54) is 0 Å². The van der Waals surface area contributed by atoms with Crippen LogP contribution in [0.3, 0.4) is 0 Å². The van der Waals surface area contributed by atoms with Crippen molar-refractivity contribution in [3.8, 4) is 0 Å². The molecule has 88 valence electrons. The lowest BCUT2D eigenvalue weighted by atomic mass is 10.1. The Kier molecular flexibility index (Phi) is 4.76. The van der Waals surface area contributed by atoms with E-state index in [0.717, 1.165) is 11.8 Å². The van der Waals surface area contributed by atoms with Gasteiger partial charge in [-0.25, -0.2) is 0 Å². The van der Waals surface area contributed by atoms with E-state index in [2.05, 4.69) is 9.44 Å². The van der Waals surface area contributed by atoms with Gasteiger partial charge in [-0.15, -0.1) is 0 Å². The van der Waals surface area contributed by atoms with Gasteiger partial charge in [0.2, 0.25) is 0 Å². The highest BCUT2D eigenvalue weighted by atomic mass is 35.5. The second kappa shape index (κ2) is 5.86. The summed E-state index contributed by atoms with van der Waals surface area (Å²) in [7, 11) is -3.57. The smallest absolute Gasteiger partial charge is 0.268 e. The second-order valence-corrected chi connectivity index (χ2v) is 5.23. The monoisotopic (exact) mass is 261 g/mol. The van der Waals surface area contributed by atoms with Crippen LogP contribution < -0.4 is 0 Å². The number of hydrogen-bond donors (Lipinski definition) is 0. The molecule has 0 aliphatic carbocycles. The Morgan fingerprint density at radius 1 is 1.38 bits per heavy atom. The van der Waals surface area contributed by atoms with E-state index in [1.807, 2.05) is 30.3 Å². The largest absolute Gasteiger partial charge is 0.325 e. The number of oxime groups is 1.